The molecule has 2 aliphatic rings. The van der Waals surface area contributed by atoms with E-state index in [9.17, 15) is 9.59 Å². The molecule has 0 aromatic carbocycles. The Morgan fingerprint density at radius 3 is 2.44 bits per heavy atom. The molecule has 0 aromatic rings. The van der Waals surface area contributed by atoms with Gasteiger partial charge in [0, 0.05) is 0 Å². The fraction of sp³-hybridized carbons (Fsp3) is 0.833. The molecule has 0 radical (unpaired) electrons. The van der Waals surface area contributed by atoms with E-state index in [1.807, 2.05) is 6.92 Å². The second kappa shape index (κ2) is 3.75. The van der Waals surface area contributed by atoms with E-state index in [4.69, 9.17) is 9.47 Å². The van der Waals surface area contributed by atoms with Crippen molar-refractivity contribution in [2.75, 3.05) is 14.2 Å². The molecule has 2 rings (SSSR count). The minimum atomic E-state index is -0.676. The normalized spacial score (nSPS) is 40.8. The topological polar surface area (TPSA) is 52.6 Å². The molecule has 16 heavy (non-hydrogen) atoms. The largest absolute Gasteiger partial charge is 0.469 e. The summed E-state index contributed by atoms with van der Waals surface area (Å²) in [4.78, 5) is 23.7. The Balaban J connectivity index is 2.34. The lowest BCUT2D eigenvalue weighted by atomic mass is 9.67. The third-order valence-corrected chi connectivity index (χ3v) is 4.52. The number of ether oxygens (including phenoxy) is 2. The third-order valence-electron chi connectivity index (χ3n) is 4.52. The lowest BCUT2D eigenvalue weighted by Crippen LogP contribution is -2.45. The third kappa shape index (κ3) is 1.28. The standard InChI is InChI=1S/C12H18O4/c1-12(11(14)16-3)8-5-4-7(6-8)9(12)10(13)15-2/h7-9H,4-6H2,1-3H3/t7-,8-,9-,12+/m0/s1. The van der Waals surface area contributed by atoms with Gasteiger partial charge in [-0.3, -0.25) is 9.59 Å². The Bertz CT molecular complexity index is 325. The van der Waals surface area contributed by atoms with Crippen molar-refractivity contribution in [2.24, 2.45) is 23.2 Å². The van der Waals surface area contributed by atoms with E-state index in [2.05, 4.69) is 0 Å². The summed E-state index contributed by atoms with van der Waals surface area (Å²) in [5.74, 6) is -0.283. The Morgan fingerprint density at radius 2 is 1.88 bits per heavy atom. The van der Waals surface area contributed by atoms with Crippen molar-refractivity contribution < 1.29 is 19.1 Å². The maximum Gasteiger partial charge on any atom is 0.312 e. The van der Waals surface area contributed by atoms with Gasteiger partial charge in [-0.25, -0.2) is 0 Å². The molecular weight excluding hydrogens is 208 g/mol. The van der Waals surface area contributed by atoms with Crippen LogP contribution in [0.15, 0.2) is 0 Å². The molecule has 0 spiro atoms. The van der Waals surface area contributed by atoms with Gasteiger partial charge in [0.1, 0.15) is 0 Å². The number of fused-ring (bicyclic) bond motifs is 2. The maximum absolute atomic E-state index is 11.9. The summed E-state index contributed by atoms with van der Waals surface area (Å²) >= 11 is 0. The van der Waals surface area contributed by atoms with Crippen molar-refractivity contribution in [3.8, 4) is 0 Å². The number of methoxy groups -OCH3 is 2. The van der Waals surface area contributed by atoms with Crippen molar-refractivity contribution >= 4 is 11.9 Å². The second-order valence-corrected chi connectivity index (χ2v) is 5.05. The number of rotatable bonds is 2. The molecule has 4 heteroatoms. The predicted octanol–water partition coefficient (Wildman–Crippen LogP) is 1.38. The van der Waals surface area contributed by atoms with Crippen LogP contribution in [0.25, 0.3) is 0 Å². The monoisotopic (exact) mass is 226 g/mol. The number of hydrogen-bond acceptors (Lipinski definition) is 4. The summed E-state index contributed by atoms with van der Waals surface area (Å²) in [5.41, 5.74) is -0.676. The van der Waals surface area contributed by atoms with Crippen LogP contribution in [-0.2, 0) is 19.1 Å². The molecule has 4 atom stereocenters. The van der Waals surface area contributed by atoms with Crippen LogP contribution in [0.2, 0.25) is 0 Å². The Labute approximate surface area is 95.3 Å². The molecule has 0 unspecified atom stereocenters. The summed E-state index contributed by atoms with van der Waals surface area (Å²) < 4.78 is 9.70. The first-order valence-corrected chi connectivity index (χ1v) is 5.72. The van der Waals surface area contributed by atoms with E-state index < -0.39 is 5.41 Å². The number of esters is 2. The van der Waals surface area contributed by atoms with Crippen molar-refractivity contribution in [2.45, 2.75) is 26.2 Å². The summed E-state index contributed by atoms with van der Waals surface area (Å²) in [6.07, 6.45) is 2.99. The van der Waals surface area contributed by atoms with Crippen LogP contribution in [0.3, 0.4) is 0 Å². The smallest absolute Gasteiger partial charge is 0.312 e. The molecule has 4 nitrogen and oxygen atoms in total. The molecule has 0 heterocycles. The first kappa shape index (κ1) is 11.4. The van der Waals surface area contributed by atoms with Crippen LogP contribution in [0.5, 0.6) is 0 Å². The molecular formula is C12H18O4. The zero-order chi connectivity index (χ0) is 11.9. The van der Waals surface area contributed by atoms with Crippen LogP contribution < -0.4 is 0 Å². The highest BCUT2D eigenvalue weighted by molar-refractivity contribution is 5.86. The maximum atomic E-state index is 11.9. The van der Waals surface area contributed by atoms with E-state index in [1.54, 1.807) is 0 Å². The van der Waals surface area contributed by atoms with Crippen LogP contribution in [0.1, 0.15) is 26.2 Å². The van der Waals surface area contributed by atoms with Gasteiger partial charge in [-0.05, 0) is 38.0 Å². The van der Waals surface area contributed by atoms with E-state index >= 15 is 0 Å². The SMILES string of the molecule is COC(=O)[C@@H]1[C@H]2CC[C@@H](C2)[C@@]1(C)C(=O)OC. The minimum Gasteiger partial charge on any atom is -0.469 e. The molecule has 2 fully saturated rings. The lowest BCUT2D eigenvalue weighted by molar-refractivity contribution is -0.169. The van der Waals surface area contributed by atoms with Crippen molar-refractivity contribution in [1.82, 2.24) is 0 Å². The molecule has 0 N–H and O–H groups in total. The van der Waals surface area contributed by atoms with Crippen LogP contribution >= 0.6 is 0 Å². The van der Waals surface area contributed by atoms with Gasteiger partial charge in [0.05, 0.1) is 25.6 Å². The molecule has 0 aliphatic heterocycles. The van der Waals surface area contributed by atoms with E-state index in [1.165, 1.54) is 14.2 Å². The Kier molecular flexibility index (Phi) is 2.68. The molecule has 2 aliphatic carbocycles. The average molecular weight is 226 g/mol. The van der Waals surface area contributed by atoms with Crippen LogP contribution in [0, 0.1) is 23.2 Å². The van der Waals surface area contributed by atoms with Gasteiger partial charge < -0.3 is 9.47 Å². The van der Waals surface area contributed by atoms with Crippen LogP contribution in [0.4, 0.5) is 0 Å². The quantitative estimate of drug-likeness (QED) is 0.667. The first-order valence-electron chi connectivity index (χ1n) is 5.72. The summed E-state index contributed by atoms with van der Waals surface area (Å²) in [6.45, 7) is 1.85. The number of carbonyl (C=O) groups is 2. The number of carbonyl (C=O) groups excluding carboxylic acids is 2. The van der Waals surface area contributed by atoms with Crippen molar-refractivity contribution in [3.63, 3.8) is 0 Å². The van der Waals surface area contributed by atoms with Crippen molar-refractivity contribution in [1.29, 1.82) is 0 Å². The second-order valence-electron chi connectivity index (χ2n) is 5.05. The molecule has 2 saturated carbocycles. The molecule has 0 aromatic heterocycles. The Morgan fingerprint density at radius 1 is 1.19 bits per heavy atom. The highest BCUT2D eigenvalue weighted by atomic mass is 16.5. The van der Waals surface area contributed by atoms with Gasteiger partial charge in [-0.15, -0.1) is 0 Å². The minimum absolute atomic E-state index is 0.264. The summed E-state index contributed by atoms with van der Waals surface area (Å²) in [7, 11) is 2.76. The zero-order valence-corrected chi connectivity index (χ0v) is 9.99. The van der Waals surface area contributed by atoms with Gasteiger partial charge in [0.2, 0.25) is 0 Å². The van der Waals surface area contributed by atoms with Crippen molar-refractivity contribution in [3.05, 3.63) is 0 Å². The molecule has 2 bridgehead atoms. The van der Waals surface area contributed by atoms with Gasteiger partial charge in [0.15, 0.2) is 0 Å². The first-order chi connectivity index (χ1) is 7.55. The molecule has 0 saturated heterocycles. The highest BCUT2D eigenvalue weighted by Gasteiger charge is 2.63. The van der Waals surface area contributed by atoms with Crippen LogP contribution in [-0.4, -0.2) is 26.2 Å². The van der Waals surface area contributed by atoms with Gasteiger partial charge in [-0.1, -0.05) is 0 Å². The summed E-state index contributed by atoms with van der Waals surface area (Å²) in [6, 6.07) is 0. The van der Waals surface area contributed by atoms with E-state index in [0.29, 0.717) is 5.92 Å². The lowest BCUT2D eigenvalue weighted by Gasteiger charge is -2.36. The zero-order valence-electron chi connectivity index (χ0n) is 9.99. The molecule has 90 valence electrons. The highest BCUT2D eigenvalue weighted by Crippen LogP contribution is 2.60. The Hall–Kier alpha value is -1.06. The molecule has 0 amide bonds. The summed E-state index contributed by atoms with van der Waals surface area (Å²) in [5, 5.41) is 0. The van der Waals surface area contributed by atoms with Gasteiger partial charge in [0.25, 0.3) is 0 Å². The average Bonchev–Trinajstić information content (AvgIpc) is 2.86. The number of hydrogen-bond donors (Lipinski definition) is 0. The fourth-order valence-corrected chi connectivity index (χ4v) is 3.69. The van der Waals surface area contributed by atoms with E-state index in [0.717, 1.165) is 19.3 Å². The fourth-order valence-electron chi connectivity index (χ4n) is 3.69. The predicted molar refractivity (Wildman–Crippen MR) is 56.5 cm³/mol. The van der Waals surface area contributed by atoms with Gasteiger partial charge in [-0.2, -0.15) is 0 Å². The van der Waals surface area contributed by atoms with E-state index in [-0.39, 0.29) is 23.8 Å². The van der Waals surface area contributed by atoms with Gasteiger partial charge >= 0.3 is 11.9 Å².